The zero-order chi connectivity index (χ0) is 39.3. The number of hydrogen-bond acceptors (Lipinski definition) is 10. The van der Waals surface area contributed by atoms with Crippen LogP contribution < -0.4 is 0 Å². The van der Waals surface area contributed by atoms with E-state index in [1.807, 2.05) is 18.2 Å². The van der Waals surface area contributed by atoms with E-state index in [1.54, 1.807) is 85.8 Å². The lowest BCUT2D eigenvalue weighted by atomic mass is 9.68. The number of hydrogen-bond donors (Lipinski definition) is 1. The molecule has 55 heavy (non-hydrogen) atoms. The van der Waals surface area contributed by atoms with E-state index in [0.29, 0.717) is 11.1 Å². The quantitative estimate of drug-likeness (QED) is 0.0901. The molecule has 1 fully saturated rings. The number of benzene rings is 3. The van der Waals surface area contributed by atoms with Crippen LogP contribution >= 0.6 is 0 Å². The smallest absolute Gasteiger partial charge is 0.336 e. The van der Waals surface area contributed by atoms with Crippen LogP contribution in [0.5, 0.6) is 0 Å². The van der Waals surface area contributed by atoms with Gasteiger partial charge in [0.15, 0.2) is 11.6 Å². The van der Waals surface area contributed by atoms with Crippen LogP contribution in [0.3, 0.4) is 0 Å². The summed E-state index contributed by atoms with van der Waals surface area (Å²) in [5.41, 5.74) is -0.184. The van der Waals surface area contributed by atoms with Gasteiger partial charge < -0.3 is 24.1 Å². The number of carbonyl (C=O) groups excluding carboxylic acids is 5. The van der Waals surface area contributed by atoms with Crippen molar-refractivity contribution in [2.45, 2.75) is 26.9 Å². The predicted molar refractivity (Wildman–Crippen MR) is 203 cm³/mol. The number of rotatable bonds is 11. The van der Waals surface area contributed by atoms with E-state index in [9.17, 15) is 29.1 Å². The number of Topliss-reactive ketones (excluding diaryl/α,β-unsaturated/α-hetero) is 2. The highest BCUT2D eigenvalue weighted by atomic mass is 16.6. The number of esters is 3. The molecule has 2 aliphatic carbocycles. The van der Waals surface area contributed by atoms with E-state index in [0.717, 1.165) is 17.7 Å². The summed E-state index contributed by atoms with van der Waals surface area (Å²) in [6.07, 6.45) is 8.04. The van der Waals surface area contributed by atoms with E-state index in [1.165, 1.54) is 38.2 Å². The first-order valence-electron chi connectivity index (χ1n) is 17.3. The number of ketones is 2. The number of aliphatic hydroxyl groups is 1. The summed E-state index contributed by atoms with van der Waals surface area (Å²) in [5.74, 6) is -6.32. The largest absolute Gasteiger partial charge is 0.511 e. The molecular formula is C45H36O10. The Hall–Kier alpha value is -7.07. The van der Waals surface area contributed by atoms with Crippen LogP contribution in [0.1, 0.15) is 37.5 Å². The molecule has 1 saturated heterocycles. The van der Waals surface area contributed by atoms with Crippen LogP contribution in [0, 0.1) is 11.3 Å². The van der Waals surface area contributed by atoms with Crippen LogP contribution in [0.4, 0.5) is 0 Å². The molecule has 1 aliphatic heterocycles. The summed E-state index contributed by atoms with van der Waals surface area (Å²) in [7, 11) is 0. The Labute approximate surface area is 317 Å². The molecule has 3 aromatic rings. The normalized spacial score (nSPS) is 20.6. The lowest BCUT2D eigenvalue weighted by Crippen LogP contribution is -2.40. The van der Waals surface area contributed by atoms with Crippen molar-refractivity contribution in [3.63, 3.8) is 0 Å². The Bertz CT molecular complexity index is 2300. The molecule has 1 N–H and O–H groups in total. The Morgan fingerprint density at radius 3 is 1.78 bits per heavy atom. The van der Waals surface area contributed by atoms with Crippen LogP contribution in [-0.4, -0.2) is 40.7 Å². The third-order valence-corrected chi connectivity index (χ3v) is 9.26. The highest BCUT2D eigenvalue weighted by molar-refractivity contribution is 6.11. The van der Waals surface area contributed by atoms with Crippen molar-refractivity contribution < 1.29 is 48.0 Å². The van der Waals surface area contributed by atoms with Crippen LogP contribution in [0.2, 0.25) is 0 Å². The summed E-state index contributed by atoms with van der Waals surface area (Å²) in [4.78, 5) is 67.2. The minimum atomic E-state index is -1.82. The fourth-order valence-corrected chi connectivity index (χ4v) is 6.44. The average molecular weight is 737 g/mol. The topological polar surface area (TPSA) is 143 Å². The maximum Gasteiger partial charge on any atom is 0.336 e. The van der Waals surface area contributed by atoms with Crippen molar-refractivity contribution in [2.24, 2.45) is 11.3 Å². The highest BCUT2D eigenvalue weighted by Gasteiger charge is 2.60. The molecule has 0 amide bonds. The molecule has 0 saturated carbocycles. The van der Waals surface area contributed by atoms with Crippen molar-refractivity contribution in [3.8, 4) is 0 Å². The first-order valence-corrected chi connectivity index (χ1v) is 17.3. The molecule has 2 unspecified atom stereocenters. The highest BCUT2D eigenvalue weighted by Crippen LogP contribution is 2.58. The van der Waals surface area contributed by atoms with E-state index >= 15 is 0 Å². The van der Waals surface area contributed by atoms with Gasteiger partial charge in [-0.15, -0.1) is 0 Å². The predicted octanol–water partition coefficient (Wildman–Crippen LogP) is 7.70. The lowest BCUT2D eigenvalue weighted by molar-refractivity contribution is -0.144. The summed E-state index contributed by atoms with van der Waals surface area (Å²) < 4.78 is 23.1. The second-order valence-electron chi connectivity index (χ2n) is 13.0. The summed E-state index contributed by atoms with van der Waals surface area (Å²) in [6.45, 7) is 8.09. The first-order chi connectivity index (χ1) is 26.4. The molecular weight excluding hydrogens is 700 g/mol. The number of carbonyl (C=O) groups is 5. The van der Waals surface area contributed by atoms with Gasteiger partial charge in [-0.2, -0.15) is 0 Å². The van der Waals surface area contributed by atoms with Crippen LogP contribution in [0.15, 0.2) is 167 Å². The van der Waals surface area contributed by atoms with Gasteiger partial charge in [-0.05, 0) is 48.8 Å². The summed E-state index contributed by atoms with van der Waals surface area (Å²) >= 11 is 0. The van der Waals surface area contributed by atoms with Crippen molar-refractivity contribution >= 4 is 47.7 Å². The fraction of sp³-hybridized carbons (Fsp3) is 0.133. The SMILES string of the molecule is C=C(OC(=O)/C=C/c1ccccc1)C1=C(OC(=O)/C=C/c2ccccc2)C=C2OC3=C(C(C)=O)C(OC(=O)/C=C/c4ccccc4)C(C)C(O)=C3[C@@]2(C)C1=O. The number of ether oxygens (including phenoxy) is 4. The van der Waals surface area contributed by atoms with Crippen LogP contribution in [-0.2, 0) is 42.9 Å². The molecule has 0 bridgehead atoms. The molecule has 0 aromatic heterocycles. The second-order valence-corrected chi connectivity index (χ2v) is 13.0. The van der Waals surface area contributed by atoms with Gasteiger partial charge in [-0.25, -0.2) is 14.4 Å². The molecule has 10 heteroatoms. The van der Waals surface area contributed by atoms with Gasteiger partial charge >= 0.3 is 17.9 Å². The van der Waals surface area contributed by atoms with Gasteiger partial charge in [0.1, 0.15) is 45.9 Å². The van der Waals surface area contributed by atoms with Crippen molar-refractivity contribution in [2.75, 3.05) is 0 Å². The number of allylic oxidation sites excluding steroid dienone is 4. The zero-order valence-electron chi connectivity index (χ0n) is 30.2. The van der Waals surface area contributed by atoms with E-state index in [2.05, 4.69) is 6.58 Å². The molecule has 0 spiro atoms. The van der Waals surface area contributed by atoms with Gasteiger partial charge in [0.05, 0.1) is 17.1 Å². The minimum absolute atomic E-state index is 0.0523. The standard InChI is InChI=1S/C45H36O10/c1-27-41(50)40-43(38(28(2)46)42(27)55-37(49)25-22-32-18-12-7-13-19-32)54-34-26-33(53-36(48)24-21-31-16-10-6-11-17-31)39(44(51)45(34,40)4)29(3)52-35(47)23-20-30-14-8-5-9-15-30/h5-27,42,50H,3H2,1-2,4H3/b23-20+,24-21+,25-22+/t27?,42?,45-/m0/s1. The Morgan fingerprint density at radius 2 is 1.27 bits per heavy atom. The third-order valence-electron chi connectivity index (χ3n) is 9.26. The van der Waals surface area contributed by atoms with Crippen molar-refractivity contribution in [1.82, 2.24) is 0 Å². The monoisotopic (exact) mass is 736 g/mol. The Kier molecular flexibility index (Phi) is 10.9. The first kappa shape index (κ1) is 37.7. The molecule has 10 nitrogen and oxygen atoms in total. The Balaban J connectivity index is 1.37. The molecule has 0 radical (unpaired) electrons. The fourth-order valence-electron chi connectivity index (χ4n) is 6.44. The summed E-state index contributed by atoms with van der Waals surface area (Å²) in [5, 5.41) is 11.7. The molecule has 3 atom stereocenters. The van der Waals surface area contributed by atoms with E-state index in [4.69, 9.17) is 18.9 Å². The molecule has 3 aromatic carbocycles. The van der Waals surface area contributed by atoms with Gasteiger partial charge in [0, 0.05) is 24.3 Å². The molecule has 1 heterocycles. The number of aliphatic hydroxyl groups excluding tert-OH is 1. The molecule has 3 aliphatic rings. The minimum Gasteiger partial charge on any atom is -0.511 e. The third kappa shape index (κ3) is 7.84. The average Bonchev–Trinajstić information content (AvgIpc) is 3.48. The van der Waals surface area contributed by atoms with Gasteiger partial charge in [-0.1, -0.05) is 104 Å². The van der Waals surface area contributed by atoms with Gasteiger partial charge in [0.2, 0.25) is 0 Å². The lowest BCUT2D eigenvalue weighted by Gasteiger charge is -2.34. The maximum absolute atomic E-state index is 14.8. The maximum atomic E-state index is 14.8. The van der Waals surface area contributed by atoms with E-state index < -0.39 is 52.7 Å². The van der Waals surface area contributed by atoms with Gasteiger partial charge in [0.25, 0.3) is 0 Å². The second kappa shape index (κ2) is 15.9. The molecule has 6 rings (SSSR count). The van der Waals surface area contributed by atoms with Crippen molar-refractivity contribution in [3.05, 3.63) is 184 Å². The number of fused-ring (bicyclic) bond motifs is 3. The molecule has 276 valence electrons. The Morgan fingerprint density at radius 1 is 0.782 bits per heavy atom. The van der Waals surface area contributed by atoms with Gasteiger partial charge in [-0.3, -0.25) is 9.59 Å². The van der Waals surface area contributed by atoms with Crippen molar-refractivity contribution in [1.29, 1.82) is 0 Å². The summed E-state index contributed by atoms with van der Waals surface area (Å²) in [6, 6.07) is 26.9. The van der Waals surface area contributed by atoms with E-state index in [-0.39, 0.29) is 39.8 Å². The zero-order valence-corrected chi connectivity index (χ0v) is 30.2. The van der Waals surface area contributed by atoms with Crippen LogP contribution in [0.25, 0.3) is 18.2 Å².